The molecule has 0 aliphatic rings. The van der Waals surface area contributed by atoms with E-state index in [0.717, 1.165) is 46.6 Å². The number of halogens is 1. The van der Waals surface area contributed by atoms with Gasteiger partial charge < -0.3 is 5.32 Å². The number of benzene rings is 1. The molecular formula is C16H20ClN3S. The molecule has 0 saturated carbocycles. The van der Waals surface area contributed by atoms with Gasteiger partial charge in [-0.3, -0.25) is 0 Å². The van der Waals surface area contributed by atoms with Crippen LogP contribution in [-0.2, 0) is 5.75 Å². The Hall–Kier alpha value is -1.26. The number of aromatic nitrogens is 2. The van der Waals surface area contributed by atoms with E-state index in [9.17, 15) is 0 Å². The highest BCUT2D eigenvalue weighted by Gasteiger charge is 2.08. The quantitative estimate of drug-likeness (QED) is 0.771. The summed E-state index contributed by atoms with van der Waals surface area (Å²) in [6.07, 6.45) is 1.08. The smallest absolute Gasteiger partial charge is 0.141 e. The van der Waals surface area contributed by atoms with Crippen molar-refractivity contribution in [3.05, 3.63) is 46.4 Å². The summed E-state index contributed by atoms with van der Waals surface area (Å²) in [6, 6.07) is 7.84. The van der Waals surface area contributed by atoms with Crippen molar-refractivity contribution in [2.75, 3.05) is 11.9 Å². The highest BCUT2D eigenvalue weighted by molar-refractivity contribution is 7.98. The molecule has 0 amide bonds. The molecule has 112 valence electrons. The fraction of sp³-hybridized carbons (Fsp3) is 0.375. The molecule has 21 heavy (non-hydrogen) atoms. The van der Waals surface area contributed by atoms with Gasteiger partial charge in [-0.05, 0) is 44.5 Å². The van der Waals surface area contributed by atoms with Crippen LogP contribution in [0.4, 0.5) is 5.82 Å². The van der Waals surface area contributed by atoms with Crippen molar-refractivity contribution in [2.45, 2.75) is 37.8 Å². The van der Waals surface area contributed by atoms with E-state index in [-0.39, 0.29) is 0 Å². The van der Waals surface area contributed by atoms with E-state index in [1.54, 1.807) is 11.8 Å². The molecule has 1 heterocycles. The van der Waals surface area contributed by atoms with E-state index in [2.05, 4.69) is 29.1 Å². The lowest BCUT2D eigenvalue weighted by atomic mass is 10.2. The van der Waals surface area contributed by atoms with Crippen LogP contribution in [0.3, 0.4) is 0 Å². The van der Waals surface area contributed by atoms with Gasteiger partial charge in [0.05, 0.1) is 5.75 Å². The normalized spacial score (nSPS) is 10.7. The van der Waals surface area contributed by atoms with Gasteiger partial charge >= 0.3 is 0 Å². The Balaban J connectivity index is 2.08. The van der Waals surface area contributed by atoms with Gasteiger partial charge in [0.1, 0.15) is 11.6 Å². The zero-order valence-corrected chi connectivity index (χ0v) is 14.2. The Labute approximate surface area is 135 Å². The van der Waals surface area contributed by atoms with Crippen LogP contribution >= 0.6 is 23.4 Å². The zero-order valence-electron chi connectivity index (χ0n) is 12.6. The molecule has 0 radical (unpaired) electrons. The summed E-state index contributed by atoms with van der Waals surface area (Å²) in [7, 11) is 0. The monoisotopic (exact) mass is 321 g/mol. The lowest BCUT2D eigenvalue weighted by Gasteiger charge is -2.11. The molecule has 5 heteroatoms. The molecule has 1 N–H and O–H groups in total. The summed E-state index contributed by atoms with van der Waals surface area (Å²) in [6.45, 7) is 7.17. The summed E-state index contributed by atoms with van der Waals surface area (Å²) >= 11 is 7.61. The minimum atomic E-state index is 0.754. The van der Waals surface area contributed by atoms with Crippen LogP contribution in [0.2, 0.25) is 5.02 Å². The molecule has 0 atom stereocenters. The summed E-state index contributed by atoms with van der Waals surface area (Å²) in [5.41, 5.74) is 2.17. The highest BCUT2D eigenvalue weighted by Crippen LogP contribution is 2.24. The first-order valence-electron chi connectivity index (χ1n) is 7.06. The number of aryl methyl sites for hydroxylation is 1. The lowest BCUT2D eigenvalue weighted by molar-refractivity contribution is 0.928. The van der Waals surface area contributed by atoms with Crippen molar-refractivity contribution in [1.29, 1.82) is 0 Å². The van der Waals surface area contributed by atoms with E-state index in [4.69, 9.17) is 11.6 Å². The summed E-state index contributed by atoms with van der Waals surface area (Å²) in [5.74, 6) is 2.57. The van der Waals surface area contributed by atoms with Gasteiger partial charge in [0, 0.05) is 27.7 Å². The fourth-order valence-corrected chi connectivity index (χ4v) is 2.72. The second kappa shape index (κ2) is 7.66. The van der Waals surface area contributed by atoms with Crippen LogP contribution in [0, 0.1) is 13.8 Å². The SMILES string of the molecule is CCCNc1nc(CSc2ccc(Cl)cc2)nc(C)c1C. The average molecular weight is 322 g/mol. The van der Waals surface area contributed by atoms with Crippen LogP contribution in [0.15, 0.2) is 29.2 Å². The van der Waals surface area contributed by atoms with Gasteiger partial charge in [0.15, 0.2) is 0 Å². The standard InChI is InChI=1S/C16H20ClN3S/c1-4-9-18-16-11(2)12(3)19-15(20-16)10-21-14-7-5-13(17)6-8-14/h5-8H,4,9-10H2,1-3H3,(H,18,19,20). The molecule has 1 aromatic heterocycles. The number of hydrogen-bond donors (Lipinski definition) is 1. The van der Waals surface area contributed by atoms with Crippen molar-refractivity contribution >= 4 is 29.2 Å². The van der Waals surface area contributed by atoms with Crippen molar-refractivity contribution in [3.8, 4) is 0 Å². The molecule has 0 saturated heterocycles. The maximum atomic E-state index is 5.89. The predicted octanol–water partition coefficient (Wildman–Crippen LogP) is 4.86. The van der Waals surface area contributed by atoms with E-state index in [1.807, 2.05) is 31.2 Å². The zero-order chi connectivity index (χ0) is 15.2. The Morgan fingerprint density at radius 1 is 1.14 bits per heavy atom. The number of rotatable bonds is 6. The summed E-state index contributed by atoms with van der Waals surface area (Å²) in [5, 5.41) is 4.13. The second-order valence-electron chi connectivity index (χ2n) is 4.87. The minimum Gasteiger partial charge on any atom is -0.370 e. The number of anilines is 1. The van der Waals surface area contributed by atoms with Crippen molar-refractivity contribution in [2.24, 2.45) is 0 Å². The third kappa shape index (κ3) is 4.61. The van der Waals surface area contributed by atoms with Gasteiger partial charge in [-0.25, -0.2) is 9.97 Å². The predicted molar refractivity (Wildman–Crippen MR) is 91.3 cm³/mol. The molecule has 0 aliphatic carbocycles. The fourth-order valence-electron chi connectivity index (χ4n) is 1.85. The Kier molecular flexibility index (Phi) is 5.88. The molecule has 2 rings (SSSR count). The van der Waals surface area contributed by atoms with Crippen LogP contribution in [0.1, 0.15) is 30.4 Å². The van der Waals surface area contributed by atoms with Gasteiger partial charge in [0.25, 0.3) is 0 Å². The first kappa shape index (κ1) is 16.1. The Morgan fingerprint density at radius 3 is 2.52 bits per heavy atom. The third-order valence-corrected chi connectivity index (χ3v) is 4.42. The minimum absolute atomic E-state index is 0.754. The Bertz CT molecular complexity index is 599. The maximum Gasteiger partial charge on any atom is 0.141 e. The van der Waals surface area contributed by atoms with E-state index >= 15 is 0 Å². The number of hydrogen-bond acceptors (Lipinski definition) is 4. The van der Waals surface area contributed by atoms with E-state index < -0.39 is 0 Å². The molecular weight excluding hydrogens is 302 g/mol. The molecule has 1 aromatic carbocycles. The lowest BCUT2D eigenvalue weighted by Crippen LogP contribution is -2.08. The molecule has 0 spiro atoms. The summed E-state index contributed by atoms with van der Waals surface area (Å²) < 4.78 is 0. The van der Waals surface area contributed by atoms with Gasteiger partial charge in [-0.1, -0.05) is 18.5 Å². The molecule has 0 fully saturated rings. The first-order chi connectivity index (χ1) is 10.1. The van der Waals surface area contributed by atoms with Gasteiger partial charge in [-0.15, -0.1) is 11.8 Å². The van der Waals surface area contributed by atoms with Crippen LogP contribution in [0.5, 0.6) is 0 Å². The van der Waals surface area contributed by atoms with E-state index in [0.29, 0.717) is 0 Å². The first-order valence-corrected chi connectivity index (χ1v) is 8.43. The molecule has 2 aromatic rings. The average Bonchev–Trinajstić information content (AvgIpc) is 2.48. The van der Waals surface area contributed by atoms with Gasteiger partial charge in [-0.2, -0.15) is 0 Å². The maximum absolute atomic E-state index is 5.89. The number of nitrogens with zero attached hydrogens (tertiary/aromatic N) is 2. The number of nitrogens with one attached hydrogen (secondary N) is 1. The highest BCUT2D eigenvalue weighted by atomic mass is 35.5. The molecule has 0 unspecified atom stereocenters. The van der Waals surface area contributed by atoms with Crippen LogP contribution in [-0.4, -0.2) is 16.5 Å². The van der Waals surface area contributed by atoms with Crippen molar-refractivity contribution < 1.29 is 0 Å². The van der Waals surface area contributed by atoms with Gasteiger partial charge in [0.2, 0.25) is 0 Å². The van der Waals surface area contributed by atoms with E-state index in [1.165, 1.54) is 4.90 Å². The van der Waals surface area contributed by atoms with Crippen molar-refractivity contribution in [1.82, 2.24) is 9.97 Å². The second-order valence-corrected chi connectivity index (χ2v) is 6.35. The van der Waals surface area contributed by atoms with Crippen LogP contribution in [0.25, 0.3) is 0 Å². The largest absolute Gasteiger partial charge is 0.370 e. The Morgan fingerprint density at radius 2 is 1.86 bits per heavy atom. The molecule has 3 nitrogen and oxygen atoms in total. The molecule has 0 bridgehead atoms. The topological polar surface area (TPSA) is 37.8 Å². The van der Waals surface area contributed by atoms with Crippen molar-refractivity contribution in [3.63, 3.8) is 0 Å². The molecule has 0 aliphatic heterocycles. The number of thioether (sulfide) groups is 1. The third-order valence-electron chi connectivity index (χ3n) is 3.16. The summed E-state index contributed by atoms with van der Waals surface area (Å²) in [4.78, 5) is 10.4. The van der Waals surface area contributed by atoms with Crippen LogP contribution < -0.4 is 5.32 Å².